The minimum absolute atomic E-state index is 0.0510. The van der Waals surface area contributed by atoms with Gasteiger partial charge in [-0.1, -0.05) is 35.0 Å². The molecular formula is C23H19ClF4N2O5S. The van der Waals surface area contributed by atoms with Crippen LogP contribution in [0.4, 0.5) is 17.6 Å². The van der Waals surface area contributed by atoms with Gasteiger partial charge in [0.1, 0.15) is 17.2 Å². The number of carbonyl (C=O) groups is 1. The molecule has 13 heteroatoms. The Morgan fingerprint density at radius 1 is 1.19 bits per heavy atom. The fourth-order valence-electron chi connectivity index (χ4n) is 4.76. The Morgan fingerprint density at radius 3 is 2.56 bits per heavy atom. The van der Waals surface area contributed by atoms with Gasteiger partial charge in [0.2, 0.25) is 5.91 Å². The van der Waals surface area contributed by atoms with Gasteiger partial charge in [0.05, 0.1) is 30.4 Å². The van der Waals surface area contributed by atoms with Gasteiger partial charge in [-0.3, -0.25) is 4.79 Å². The maximum Gasteiger partial charge on any atom is 0.435 e. The van der Waals surface area contributed by atoms with Crippen LogP contribution in [-0.2, 0) is 42.0 Å². The number of carbonyl (C=O) groups excluding carboxylic acids is 1. The second-order valence-corrected chi connectivity index (χ2v) is 11.8. The maximum atomic E-state index is 14.2. The van der Waals surface area contributed by atoms with Gasteiger partial charge in [-0.2, -0.15) is 13.2 Å². The summed E-state index contributed by atoms with van der Waals surface area (Å²) < 4.78 is 84.8. The number of halogens is 5. The molecule has 0 aromatic heterocycles. The van der Waals surface area contributed by atoms with E-state index in [4.69, 9.17) is 21.2 Å². The Hall–Kier alpha value is -2.70. The van der Waals surface area contributed by atoms with Crippen molar-refractivity contribution >= 4 is 33.1 Å². The molecule has 1 spiro atoms. The molecule has 36 heavy (non-hydrogen) atoms. The Labute approximate surface area is 208 Å². The second kappa shape index (κ2) is 8.15. The number of nitrogens with zero attached hydrogens (tertiary/aromatic N) is 2. The van der Waals surface area contributed by atoms with Gasteiger partial charge in [0, 0.05) is 18.2 Å². The van der Waals surface area contributed by atoms with Gasteiger partial charge < -0.3 is 14.5 Å². The molecule has 1 unspecified atom stereocenters. The minimum atomic E-state index is -4.86. The Kier molecular flexibility index (Phi) is 5.66. The van der Waals surface area contributed by atoms with E-state index in [2.05, 4.69) is 5.16 Å². The van der Waals surface area contributed by atoms with Crippen molar-refractivity contribution in [2.45, 2.75) is 30.4 Å². The fraction of sp³-hybridized carbons (Fsp3) is 0.391. The summed E-state index contributed by atoms with van der Waals surface area (Å²) in [6, 6.07) is 7.68. The van der Waals surface area contributed by atoms with Crippen molar-refractivity contribution in [1.29, 1.82) is 0 Å². The highest BCUT2D eigenvalue weighted by Gasteiger charge is 2.62. The smallest absolute Gasteiger partial charge is 0.374 e. The van der Waals surface area contributed by atoms with Crippen LogP contribution in [0.3, 0.4) is 0 Å². The average Bonchev–Trinajstić information content (AvgIpc) is 3.36. The van der Waals surface area contributed by atoms with Gasteiger partial charge in [-0.05, 0) is 34.9 Å². The summed E-state index contributed by atoms with van der Waals surface area (Å²) in [6.07, 6.45) is -4.52. The van der Waals surface area contributed by atoms with Crippen molar-refractivity contribution in [1.82, 2.24) is 4.90 Å². The van der Waals surface area contributed by atoms with E-state index in [1.165, 1.54) is 4.90 Å². The van der Waals surface area contributed by atoms with E-state index < -0.39 is 56.1 Å². The number of hydrogen-bond acceptors (Lipinski definition) is 6. The van der Waals surface area contributed by atoms with Crippen LogP contribution in [0, 0.1) is 5.82 Å². The van der Waals surface area contributed by atoms with Gasteiger partial charge in [0.25, 0.3) is 5.60 Å². The first kappa shape index (κ1) is 25.0. The molecule has 0 radical (unpaired) electrons. The zero-order valence-corrected chi connectivity index (χ0v) is 20.3. The molecule has 1 amide bonds. The third-order valence-electron chi connectivity index (χ3n) is 6.64. The highest BCUT2D eigenvalue weighted by Crippen LogP contribution is 2.50. The summed E-state index contributed by atoms with van der Waals surface area (Å²) >= 11 is 5.73. The maximum absolute atomic E-state index is 14.2. The molecule has 7 nitrogen and oxygen atoms in total. The number of amides is 1. The average molecular weight is 547 g/mol. The zero-order chi connectivity index (χ0) is 26.1. The fourth-order valence-corrected chi connectivity index (χ4v) is 5.57. The molecule has 1 saturated heterocycles. The predicted molar refractivity (Wildman–Crippen MR) is 121 cm³/mol. The van der Waals surface area contributed by atoms with E-state index in [-0.39, 0.29) is 31.0 Å². The first-order valence-electron chi connectivity index (χ1n) is 10.7. The van der Waals surface area contributed by atoms with E-state index in [1.807, 2.05) is 0 Å². The molecule has 3 heterocycles. The van der Waals surface area contributed by atoms with Crippen LogP contribution < -0.4 is 0 Å². The molecule has 3 aliphatic rings. The van der Waals surface area contributed by atoms with Gasteiger partial charge >= 0.3 is 6.18 Å². The molecule has 5 rings (SSSR count). The summed E-state index contributed by atoms with van der Waals surface area (Å²) in [4.78, 5) is 18.5. The summed E-state index contributed by atoms with van der Waals surface area (Å²) in [5.74, 6) is -1.95. The summed E-state index contributed by atoms with van der Waals surface area (Å²) in [5, 5.41) is 3.27. The van der Waals surface area contributed by atoms with Crippen LogP contribution in [-0.4, -0.2) is 56.2 Å². The second-order valence-electron chi connectivity index (χ2n) is 9.23. The van der Waals surface area contributed by atoms with Gasteiger partial charge in [0.15, 0.2) is 9.84 Å². The van der Waals surface area contributed by atoms with Gasteiger partial charge in [-0.15, -0.1) is 0 Å². The van der Waals surface area contributed by atoms with E-state index in [0.717, 1.165) is 35.6 Å². The first-order valence-corrected chi connectivity index (χ1v) is 13.2. The Balaban J connectivity index is 1.37. The highest BCUT2D eigenvalue weighted by atomic mass is 35.5. The lowest BCUT2D eigenvalue weighted by Crippen LogP contribution is -2.62. The van der Waals surface area contributed by atoms with Crippen LogP contribution in [0.25, 0.3) is 0 Å². The Bertz CT molecular complexity index is 1410. The number of ether oxygens (including phenoxy) is 1. The molecule has 0 aliphatic carbocycles. The SMILES string of the molecule is CS(=O)(=O)CC(=O)N1CC2(C1)OCc1cc(C3=NOC(c4ccc(F)c(Cl)c4)(C(F)(F)F)C3)ccc12. The van der Waals surface area contributed by atoms with Gasteiger partial charge in [-0.25, -0.2) is 12.8 Å². The number of likely N-dealkylation sites (tertiary alicyclic amines) is 1. The zero-order valence-electron chi connectivity index (χ0n) is 18.7. The third kappa shape index (κ3) is 4.04. The van der Waals surface area contributed by atoms with Crippen LogP contribution in [0.15, 0.2) is 41.6 Å². The quantitative estimate of drug-likeness (QED) is 0.546. The lowest BCUT2D eigenvalue weighted by molar-refractivity contribution is -0.275. The van der Waals surface area contributed by atoms with Crippen LogP contribution >= 0.6 is 11.6 Å². The molecule has 1 atom stereocenters. The minimum Gasteiger partial charge on any atom is -0.374 e. The predicted octanol–water partition coefficient (Wildman–Crippen LogP) is 3.67. The molecule has 0 N–H and O–H groups in total. The number of fused-ring (bicyclic) bond motifs is 2. The molecule has 1 fully saturated rings. The Morgan fingerprint density at radius 2 is 1.92 bits per heavy atom. The largest absolute Gasteiger partial charge is 0.435 e. The van der Waals surface area contributed by atoms with E-state index in [1.54, 1.807) is 18.2 Å². The van der Waals surface area contributed by atoms with Crippen molar-refractivity contribution in [3.05, 3.63) is 69.5 Å². The summed E-state index contributed by atoms with van der Waals surface area (Å²) in [6.45, 7) is 0.532. The number of rotatable bonds is 4. The molecular weight excluding hydrogens is 528 g/mol. The van der Waals surface area contributed by atoms with E-state index >= 15 is 0 Å². The number of oxime groups is 1. The first-order chi connectivity index (χ1) is 16.7. The molecule has 0 bridgehead atoms. The molecule has 192 valence electrons. The number of sulfone groups is 1. The van der Waals surface area contributed by atoms with Crippen molar-refractivity contribution in [2.75, 3.05) is 25.1 Å². The molecule has 3 aliphatic heterocycles. The number of benzene rings is 2. The lowest BCUT2D eigenvalue weighted by atomic mass is 9.83. The van der Waals surface area contributed by atoms with Crippen molar-refractivity contribution in [2.24, 2.45) is 5.16 Å². The molecule has 0 saturated carbocycles. The van der Waals surface area contributed by atoms with Crippen molar-refractivity contribution in [3.8, 4) is 0 Å². The summed E-state index contributed by atoms with van der Waals surface area (Å²) in [7, 11) is -3.46. The van der Waals surface area contributed by atoms with E-state index in [0.29, 0.717) is 5.56 Å². The number of alkyl halides is 3. The van der Waals surface area contributed by atoms with Crippen LogP contribution in [0.1, 0.15) is 28.7 Å². The lowest BCUT2D eigenvalue weighted by Gasteiger charge is -2.47. The van der Waals surface area contributed by atoms with Crippen molar-refractivity contribution in [3.63, 3.8) is 0 Å². The highest BCUT2D eigenvalue weighted by molar-refractivity contribution is 7.91. The standard InChI is InChI=1S/C23H19ClF4N2O5S/c1-36(32,33)10-20(31)30-11-21(12-30)16-4-2-13(6-14(16)9-34-21)19-8-22(35-29-19,23(26,27)28)15-3-5-18(25)17(24)7-15/h2-7H,8-12H2,1H3. The molecule has 2 aromatic rings. The van der Waals surface area contributed by atoms with E-state index in [9.17, 15) is 30.8 Å². The van der Waals surface area contributed by atoms with Crippen LogP contribution in [0.5, 0.6) is 0 Å². The molecule has 2 aromatic carbocycles. The third-order valence-corrected chi connectivity index (χ3v) is 7.70. The topological polar surface area (TPSA) is 85.3 Å². The summed E-state index contributed by atoms with van der Waals surface area (Å²) in [5.41, 5.74) is -2.01. The normalized spacial score (nSPS) is 22.7. The van der Waals surface area contributed by atoms with Crippen LogP contribution in [0.2, 0.25) is 5.02 Å². The number of hydrogen-bond donors (Lipinski definition) is 0. The van der Waals surface area contributed by atoms with Crippen molar-refractivity contribution < 1.29 is 40.3 Å². The monoisotopic (exact) mass is 546 g/mol.